The average Bonchev–Trinajstić information content (AvgIpc) is 2.51. The number of amides is 1. The van der Waals surface area contributed by atoms with Crippen LogP contribution < -0.4 is 5.32 Å². The lowest BCUT2D eigenvalue weighted by molar-refractivity contribution is -0.118. The third kappa shape index (κ3) is 5.41. The number of rotatable bonds is 6. The molecular formula is C21H25NO. The summed E-state index contributed by atoms with van der Waals surface area (Å²) in [7, 11) is 0. The Morgan fingerprint density at radius 3 is 2.43 bits per heavy atom. The molecule has 0 aliphatic rings. The Kier molecular flexibility index (Phi) is 6.16. The van der Waals surface area contributed by atoms with E-state index in [1.54, 1.807) is 6.92 Å². The SMILES string of the molecule is CC(=O)NCCCc1cccc(C=Cc2c(C)cccc2C)c1. The highest BCUT2D eigenvalue weighted by Gasteiger charge is 1.99. The molecule has 0 bridgehead atoms. The second-order valence-corrected chi connectivity index (χ2v) is 5.97. The molecule has 0 unspecified atom stereocenters. The molecule has 1 N–H and O–H groups in total. The molecule has 23 heavy (non-hydrogen) atoms. The summed E-state index contributed by atoms with van der Waals surface area (Å²) in [6.45, 7) is 6.58. The Balaban J connectivity index is 2.02. The van der Waals surface area contributed by atoms with Crippen LogP contribution in [0.5, 0.6) is 0 Å². The second kappa shape index (κ2) is 8.33. The van der Waals surface area contributed by atoms with Gasteiger partial charge in [0.1, 0.15) is 0 Å². The Labute approximate surface area is 139 Å². The standard InChI is InChI=1S/C21H25NO/c1-16-7-4-8-17(2)21(16)13-12-20-10-5-9-19(15-20)11-6-14-22-18(3)23/h4-5,7-10,12-13,15H,6,11,14H2,1-3H3,(H,22,23). The summed E-state index contributed by atoms with van der Waals surface area (Å²) < 4.78 is 0. The van der Waals surface area contributed by atoms with Crippen LogP contribution >= 0.6 is 0 Å². The highest BCUT2D eigenvalue weighted by atomic mass is 16.1. The van der Waals surface area contributed by atoms with Crippen LogP contribution in [0.25, 0.3) is 12.2 Å². The van der Waals surface area contributed by atoms with E-state index < -0.39 is 0 Å². The molecule has 2 heteroatoms. The van der Waals surface area contributed by atoms with Crippen molar-refractivity contribution in [2.24, 2.45) is 0 Å². The Morgan fingerprint density at radius 2 is 1.74 bits per heavy atom. The van der Waals surface area contributed by atoms with E-state index in [1.165, 1.54) is 27.8 Å². The lowest BCUT2D eigenvalue weighted by Crippen LogP contribution is -2.21. The van der Waals surface area contributed by atoms with E-state index in [2.05, 4.69) is 73.8 Å². The summed E-state index contributed by atoms with van der Waals surface area (Å²) in [6.07, 6.45) is 6.31. The molecular weight excluding hydrogens is 282 g/mol. The van der Waals surface area contributed by atoms with Gasteiger partial charge in [-0.2, -0.15) is 0 Å². The Morgan fingerprint density at radius 1 is 1.04 bits per heavy atom. The largest absolute Gasteiger partial charge is 0.356 e. The van der Waals surface area contributed by atoms with Crippen LogP contribution in [0, 0.1) is 13.8 Å². The third-order valence-corrected chi connectivity index (χ3v) is 3.95. The van der Waals surface area contributed by atoms with E-state index in [4.69, 9.17) is 0 Å². The van der Waals surface area contributed by atoms with Gasteiger partial charge in [0.25, 0.3) is 0 Å². The highest BCUT2D eigenvalue weighted by Crippen LogP contribution is 2.17. The Hall–Kier alpha value is -2.35. The summed E-state index contributed by atoms with van der Waals surface area (Å²) in [5.74, 6) is 0.0373. The summed E-state index contributed by atoms with van der Waals surface area (Å²) in [4.78, 5) is 10.9. The molecule has 0 aliphatic carbocycles. The van der Waals surface area contributed by atoms with E-state index in [0.717, 1.165) is 19.4 Å². The molecule has 120 valence electrons. The fraction of sp³-hybridized carbons (Fsp3) is 0.286. The number of carbonyl (C=O) groups is 1. The smallest absolute Gasteiger partial charge is 0.216 e. The molecule has 2 rings (SSSR count). The molecule has 1 amide bonds. The van der Waals surface area contributed by atoms with Crippen molar-refractivity contribution in [2.45, 2.75) is 33.6 Å². The first kappa shape index (κ1) is 17.0. The number of aryl methyl sites for hydroxylation is 3. The van der Waals surface area contributed by atoms with Gasteiger partial charge in [-0.25, -0.2) is 0 Å². The van der Waals surface area contributed by atoms with Crippen molar-refractivity contribution in [3.63, 3.8) is 0 Å². The van der Waals surface area contributed by atoms with Crippen molar-refractivity contribution < 1.29 is 4.79 Å². The quantitative estimate of drug-likeness (QED) is 0.616. The lowest BCUT2D eigenvalue weighted by atomic mass is 10.0. The maximum absolute atomic E-state index is 10.9. The zero-order chi connectivity index (χ0) is 16.7. The van der Waals surface area contributed by atoms with Gasteiger partial charge in [0, 0.05) is 13.5 Å². The molecule has 2 nitrogen and oxygen atoms in total. The minimum Gasteiger partial charge on any atom is -0.356 e. The molecule has 2 aromatic rings. The van der Waals surface area contributed by atoms with E-state index in [-0.39, 0.29) is 5.91 Å². The summed E-state index contributed by atoms with van der Waals surface area (Å²) in [5, 5.41) is 2.84. The van der Waals surface area contributed by atoms with Crippen molar-refractivity contribution in [1.29, 1.82) is 0 Å². The fourth-order valence-electron chi connectivity index (χ4n) is 2.68. The average molecular weight is 307 g/mol. The minimum atomic E-state index is 0.0373. The van der Waals surface area contributed by atoms with Gasteiger partial charge >= 0.3 is 0 Å². The topological polar surface area (TPSA) is 29.1 Å². The van der Waals surface area contributed by atoms with Gasteiger partial charge in [0.2, 0.25) is 5.91 Å². The first-order valence-electron chi connectivity index (χ1n) is 8.14. The van der Waals surface area contributed by atoms with Crippen LogP contribution in [0.15, 0.2) is 42.5 Å². The van der Waals surface area contributed by atoms with Crippen molar-refractivity contribution in [1.82, 2.24) is 5.32 Å². The van der Waals surface area contributed by atoms with Gasteiger partial charge < -0.3 is 5.32 Å². The summed E-state index contributed by atoms with van der Waals surface area (Å²) >= 11 is 0. The first-order chi connectivity index (χ1) is 11.1. The van der Waals surface area contributed by atoms with Crippen molar-refractivity contribution in [2.75, 3.05) is 6.54 Å². The second-order valence-electron chi connectivity index (χ2n) is 5.97. The maximum atomic E-state index is 10.9. The van der Waals surface area contributed by atoms with Gasteiger partial charge in [-0.1, -0.05) is 54.6 Å². The predicted molar refractivity (Wildman–Crippen MR) is 98.3 cm³/mol. The van der Waals surface area contributed by atoms with E-state index in [0.29, 0.717) is 0 Å². The van der Waals surface area contributed by atoms with E-state index in [9.17, 15) is 4.79 Å². The number of hydrogen-bond acceptors (Lipinski definition) is 1. The van der Waals surface area contributed by atoms with Crippen LogP contribution in [0.3, 0.4) is 0 Å². The molecule has 0 fully saturated rings. The molecule has 2 aromatic carbocycles. The minimum absolute atomic E-state index is 0.0373. The van der Waals surface area contributed by atoms with Gasteiger partial charge in [-0.15, -0.1) is 0 Å². The molecule has 0 aromatic heterocycles. The monoisotopic (exact) mass is 307 g/mol. The molecule has 0 aliphatic heterocycles. The van der Waals surface area contributed by atoms with E-state index >= 15 is 0 Å². The lowest BCUT2D eigenvalue weighted by Gasteiger charge is -2.06. The highest BCUT2D eigenvalue weighted by molar-refractivity contribution is 5.73. The van der Waals surface area contributed by atoms with E-state index in [1.807, 2.05) is 0 Å². The van der Waals surface area contributed by atoms with Crippen LogP contribution in [-0.2, 0) is 11.2 Å². The fourth-order valence-corrected chi connectivity index (χ4v) is 2.68. The molecule has 0 heterocycles. The number of nitrogens with one attached hydrogen (secondary N) is 1. The number of hydrogen-bond donors (Lipinski definition) is 1. The summed E-state index contributed by atoms with van der Waals surface area (Å²) in [5.41, 5.74) is 6.41. The van der Waals surface area contributed by atoms with Gasteiger partial charge in [-0.3, -0.25) is 4.79 Å². The van der Waals surface area contributed by atoms with Crippen LogP contribution in [-0.4, -0.2) is 12.5 Å². The molecule has 0 atom stereocenters. The van der Waals surface area contributed by atoms with Crippen molar-refractivity contribution in [3.8, 4) is 0 Å². The van der Waals surface area contributed by atoms with Crippen LogP contribution in [0.4, 0.5) is 0 Å². The molecule has 0 saturated carbocycles. The van der Waals surface area contributed by atoms with Crippen molar-refractivity contribution >= 4 is 18.1 Å². The van der Waals surface area contributed by atoms with Gasteiger partial charge in [0.15, 0.2) is 0 Å². The van der Waals surface area contributed by atoms with Gasteiger partial charge in [-0.05, 0) is 54.5 Å². The zero-order valence-corrected chi connectivity index (χ0v) is 14.2. The molecule has 0 saturated heterocycles. The van der Waals surface area contributed by atoms with Crippen LogP contribution in [0.1, 0.15) is 41.2 Å². The first-order valence-corrected chi connectivity index (χ1v) is 8.14. The summed E-state index contributed by atoms with van der Waals surface area (Å²) in [6, 6.07) is 15.0. The number of carbonyl (C=O) groups excluding carboxylic acids is 1. The normalized spacial score (nSPS) is 10.9. The van der Waals surface area contributed by atoms with Gasteiger partial charge in [0.05, 0.1) is 0 Å². The Bertz CT molecular complexity index is 680. The molecule has 0 radical (unpaired) electrons. The third-order valence-electron chi connectivity index (χ3n) is 3.95. The zero-order valence-electron chi connectivity index (χ0n) is 14.2. The maximum Gasteiger partial charge on any atom is 0.216 e. The van der Waals surface area contributed by atoms with Crippen molar-refractivity contribution in [3.05, 3.63) is 70.3 Å². The molecule has 0 spiro atoms. The predicted octanol–water partition coefficient (Wildman–Crippen LogP) is 4.54. The van der Waals surface area contributed by atoms with Crippen LogP contribution in [0.2, 0.25) is 0 Å². The number of benzene rings is 2.